The molecule has 0 bridgehead atoms. The Morgan fingerprint density at radius 1 is 1.04 bits per heavy atom. The van der Waals surface area contributed by atoms with E-state index >= 15 is 0 Å². The highest BCUT2D eigenvalue weighted by Gasteiger charge is 2.31. The molecule has 0 aliphatic heterocycles. The van der Waals surface area contributed by atoms with E-state index in [1.165, 1.54) is 18.4 Å². The Bertz CT molecular complexity index is 784. The fourth-order valence-electron chi connectivity index (χ4n) is 3.61. The second-order valence-corrected chi connectivity index (χ2v) is 8.07. The van der Waals surface area contributed by atoms with Gasteiger partial charge < -0.3 is 15.2 Å². The minimum absolute atomic E-state index is 0.116. The van der Waals surface area contributed by atoms with Crippen LogP contribution in [0.15, 0.2) is 48.5 Å². The van der Waals surface area contributed by atoms with Crippen molar-refractivity contribution in [3.63, 3.8) is 0 Å². The van der Waals surface area contributed by atoms with Gasteiger partial charge in [-0.05, 0) is 53.7 Å². The molecule has 4 nitrogen and oxygen atoms in total. The molecule has 0 saturated heterocycles. The van der Waals surface area contributed by atoms with E-state index in [4.69, 9.17) is 15.2 Å². The molecule has 0 unspecified atom stereocenters. The average Bonchev–Trinajstić information content (AvgIpc) is 3.53. The van der Waals surface area contributed by atoms with Crippen LogP contribution in [0.4, 0.5) is 0 Å². The van der Waals surface area contributed by atoms with Gasteiger partial charge in [0, 0.05) is 0 Å². The summed E-state index contributed by atoms with van der Waals surface area (Å²) >= 11 is 0. The van der Waals surface area contributed by atoms with Crippen LogP contribution in [-0.2, 0) is 16.0 Å². The SMILES string of the molecule is CC(C)c1cccc([C@H](C)C2CC2)c1OCOC(=O)[C@@H](N)Cc1ccccc1. The van der Waals surface area contributed by atoms with Crippen LogP contribution in [-0.4, -0.2) is 18.8 Å². The second-order valence-electron chi connectivity index (χ2n) is 8.07. The van der Waals surface area contributed by atoms with Crippen molar-refractivity contribution in [3.05, 3.63) is 65.2 Å². The normalized spacial score (nSPS) is 15.9. The van der Waals surface area contributed by atoms with E-state index in [2.05, 4.69) is 39.0 Å². The maximum Gasteiger partial charge on any atom is 0.326 e. The summed E-state index contributed by atoms with van der Waals surface area (Å²) < 4.78 is 11.3. The van der Waals surface area contributed by atoms with Crippen molar-refractivity contribution < 1.29 is 14.3 Å². The molecule has 1 saturated carbocycles. The van der Waals surface area contributed by atoms with E-state index in [0.29, 0.717) is 18.3 Å². The lowest BCUT2D eigenvalue weighted by molar-refractivity contribution is -0.151. The summed E-state index contributed by atoms with van der Waals surface area (Å²) in [5.41, 5.74) is 9.37. The molecule has 1 aliphatic rings. The van der Waals surface area contributed by atoms with Crippen molar-refractivity contribution in [2.45, 2.75) is 57.9 Å². The number of para-hydroxylation sites is 1. The summed E-state index contributed by atoms with van der Waals surface area (Å²) in [6.45, 7) is 6.44. The summed E-state index contributed by atoms with van der Waals surface area (Å²) in [7, 11) is 0. The number of nitrogens with two attached hydrogens (primary N) is 1. The first-order chi connectivity index (χ1) is 13.5. The van der Waals surface area contributed by atoms with E-state index in [1.807, 2.05) is 30.3 Å². The van der Waals surface area contributed by atoms with E-state index in [0.717, 1.165) is 22.8 Å². The van der Waals surface area contributed by atoms with Crippen molar-refractivity contribution in [2.24, 2.45) is 11.7 Å². The zero-order valence-electron chi connectivity index (χ0n) is 17.1. The maximum absolute atomic E-state index is 12.3. The minimum atomic E-state index is -0.698. The Hall–Kier alpha value is -2.33. The lowest BCUT2D eigenvalue weighted by Crippen LogP contribution is -2.35. The number of carbonyl (C=O) groups excluding carboxylic acids is 1. The van der Waals surface area contributed by atoms with Crippen LogP contribution in [0, 0.1) is 5.92 Å². The maximum atomic E-state index is 12.3. The average molecular weight is 382 g/mol. The molecule has 0 aromatic heterocycles. The molecule has 1 fully saturated rings. The molecule has 2 N–H and O–H groups in total. The number of rotatable bonds is 9. The van der Waals surface area contributed by atoms with Crippen LogP contribution in [0.2, 0.25) is 0 Å². The van der Waals surface area contributed by atoms with Crippen molar-refractivity contribution in [3.8, 4) is 5.75 Å². The highest BCUT2D eigenvalue weighted by atomic mass is 16.7. The Morgan fingerprint density at radius 2 is 1.71 bits per heavy atom. The van der Waals surface area contributed by atoms with Gasteiger partial charge in [-0.3, -0.25) is 4.79 Å². The third-order valence-electron chi connectivity index (χ3n) is 5.52. The minimum Gasteiger partial charge on any atom is -0.457 e. The zero-order chi connectivity index (χ0) is 20.1. The predicted octanol–water partition coefficient (Wildman–Crippen LogP) is 4.77. The number of carbonyl (C=O) groups is 1. The first-order valence-electron chi connectivity index (χ1n) is 10.2. The van der Waals surface area contributed by atoms with Crippen LogP contribution in [0.1, 0.15) is 62.1 Å². The lowest BCUT2D eigenvalue weighted by Gasteiger charge is -2.21. The number of esters is 1. The fraction of sp³-hybridized carbons (Fsp3) is 0.458. The Morgan fingerprint density at radius 3 is 2.36 bits per heavy atom. The van der Waals surface area contributed by atoms with Crippen molar-refractivity contribution in [1.82, 2.24) is 0 Å². The monoisotopic (exact) mass is 381 g/mol. The summed E-state index contributed by atoms with van der Waals surface area (Å²) in [6.07, 6.45) is 3.00. The molecule has 28 heavy (non-hydrogen) atoms. The molecule has 2 atom stereocenters. The largest absolute Gasteiger partial charge is 0.457 e. The summed E-state index contributed by atoms with van der Waals surface area (Å²) in [4.78, 5) is 12.3. The lowest BCUT2D eigenvalue weighted by atomic mass is 9.90. The quantitative estimate of drug-likeness (QED) is 0.502. The Labute approximate surface area is 168 Å². The number of ether oxygens (including phenoxy) is 2. The summed E-state index contributed by atoms with van der Waals surface area (Å²) in [5.74, 6) is 1.93. The summed E-state index contributed by atoms with van der Waals surface area (Å²) in [5, 5.41) is 0. The van der Waals surface area contributed by atoms with Crippen LogP contribution in [0.3, 0.4) is 0 Å². The van der Waals surface area contributed by atoms with Gasteiger partial charge in [0.1, 0.15) is 11.8 Å². The third kappa shape index (κ3) is 5.14. The molecular weight excluding hydrogens is 350 g/mol. The van der Waals surface area contributed by atoms with Crippen molar-refractivity contribution in [1.29, 1.82) is 0 Å². The van der Waals surface area contributed by atoms with Crippen LogP contribution in [0.5, 0.6) is 5.75 Å². The molecule has 2 aromatic carbocycles. The molecule has 0 spiro atoms. The van der Waals surface area contributed by atoms with Gasteiger partial charge in [0.05, 0.1) is 0 Å². The molecule has 1 aliphatic carbocycles. The smallest absolute Gasteiger partial charge is 0.326 e. The van der Waals surface area contributed by atoms with E-state index < -0.39 is 12.0 Å². The number of hydrogen-bond donors (Lipinski definition) is 1. The second kappa shape index (κ2) is 9.24. The van der Waals surface area contributed by atoms with Gasteiger partial charge in [0.2, 0.25) is 6.79 Å². The van der Waals surface area contributed by atoms with Crippen LogP contribution in [0.25, 0.3) is 0 Å². The molecule has 150 valence electrons. The molecule has 0 radical (unpaired) electrons. The van der Waals surface area contributed by atoms with Gasteiger partial charge in [0.25, 0.3) is 0 Å². The zero-order valence-corrected chi connectivity index (χ0v) is 17.1. The molecule has 3 rings (SSSR count). The van der Waals surface area contributed by atoms with Gasteiger partial charge >= 0.3 is 5.97 Å². The number of benzene rings is 2. The summed E-state index contributed by atoms with van der Waals surface area (Å²) in [6, 6.07) is 15.3. The first-order valence-corrected chi connectivity index (χ1v) is 10.2. The number of hydrogen-bond acceptors (Lipinski definition) is 4. The van der Waals surface area contributed by atoms with Crippen molar-refractivity contribution >= 4 is 5.97 Å². The molecule has 2 aromatic rings. The van der Waals surface area contributed by atoms with Crippen molar-refractivity contribution in [2.75, 3.05) is 6.79 Å². The topological polar surface area (TPSA) is 61.5 Å². The van der Waals surface area contributed by atoms with E-state index in [-0.39, 0.29) is 6.79 Å². The van der Waals surface area contributed by atoms with Gasteiger partial charge in [-0.1, -0.05) is 69.3 Å². The molecule has 0 heterocycles. The highest BCUT2D eigenvalue weighted by Crippen LogP contribution is 2.46. The van der Waals surface area contributed by atoms with Crippen LogP contribution < -0.4 is 10.5 Å². The van der Waals surface area contributed by atoms with E-state index in [1.54, 1.807) is 0 Å². The van der Waals surface area contributed by atoms with Gasteiger partial charge in [-0.15, -0.1) is 0 Å². The van der Waals surface area contributed by atoms with Gasteiger partial charge in [0.15, 0.2) is 0 Å². The molecule has 0 amide bonds. The fourth-order valence-corrected chi connectivity index (χ4v) is 3.61. The predicted molar refractivity (Wildman–Crippen MR) is 111 cm³/mol. The van der Waals surface area contributed by atoms with Gasteiger partial charge in [-0.2, -0.15) is 0 Å². The molecule has 4 heteroatoms. The van der Waals surface area contributed by atoms with Gasteiger partial charge in [-0.25, -0.2) is 0 Å². The third-order valence-corrected chi connectivity index (χ3v) is 5.52. The highest BCUT2D eigenvalue weighted by molar-refractivity contribution is 5.75. The standard InChI is InChI=1S/C24H31NO3/c1-16(2)20-10-7-11-21(17(3)19-12-13-19)23(20)27-15-28-24(26)22(25)14-18-8-5-4-6-9-18/h4-11,16-17,19,22H,12-15,25H2,1-3H3/t17-,22+/m1/s1. The Balaban J connectivity index is 1.62. The molecular formula is C24H31NO3. The van der Waals surface area contributed by atoms with Crippen LogP contribution >= 0.6 is 0 Å². The Kier molecular flexibility index (Phi) is 6.74. The van der Waals surface area contributed by atoms with E-state index in [9.17, 15) is 4.79 Å². The first kappa shape index (κ1) is 20.4.